The van der Waals surface area contributed by atoms with Gasteiger partial charge >= 0.3 is 0 Å². The molecule has 0 fully saturated rings. The molecule has 0 bridgehead atoms. The van der Waals surface area contributed by atoms with Crippen LogP contribution in [0.3, 0.4) is 0 Å². The van der Waals surface area contributed by atoms with E-state index in [0.717, 1.165) is 6.42 Å². The Balaban J connectivity index is 2.50. The van der Waals surface area contributed by atoms with Crippen LogP contribution in [0.15, 0.2) is 15.9 Å². The summed E-state index contributed by atoms with van der Waals surface area (Å²) >= 11 is 5.26. The van der Waals surface area contributed by atoms with Gasteiger partial charge in [0.1, 0.15) is 0 Å². The third kappa shape index (κ3) is 3.35. The van der Waals surface area contributed by atoms with E-state index in [1.54, 1.807) is 11.3 Å². The van der Waals surface area contributed by atoms with Gasteiger partial charge in [-0.2, -0.15) is 0 Å². The fourth-order valence-corrected chi connectivity index (χ4v) is 3.13. The Labute approximate surface area is 97.5 Å². The van der Waals surface area contributed by atoms with Gasteiger partial charge in [-0.3, -0.25) is 0 Å². The lowest BCUT2D eigenvalue weighted by Crippen LogP contribution is -2.29. The molecule has 1 aromatic rings. The molecule has 0 aliphatic heterocycles. The Morgan fingerprint density at radius 3 is 2.79 bits per heavy atom. The van der Waals surface area contributed by atoms with Gasteiger partial charge in [0.25, 0.3) is 0 Å². The van der Waals surface area contributed by atoms with E-state index in [1.807, 2.05) is 0 Å². The molecule has 0 aromatic carbocycles. The van der Waals surface area contributed by atoms with Crippen LogP contribution in [0.25, 0.3) is 0 Å². The molecule has 0 spiro atoms. The molecule has 0 saturated heterocycles. The monoisotopic (exact) mass is 277 g/mol. The Bertz CT molecular complexity index is 277. The van der Waals surface area contributed by atoms with Crippen molar-refractivity contribution in [1.29, 1.82) is 0 Å². The molecule has 2 atom stereocenters. The summed E-state index contributed by atoms with van der Waals surface area (Å²) < 4.78 is 1.17. The summed E-state index contributed by atoms with van der Waals surface area (Å²) in [5, 5.41) is 14.3. The number of hydrogen-bond acceptors (Lipinski definition) is 3. The normalized spacial score (nSPS) is 15.4. The molecular weight excluding hydrogens is 262 g/mol. The predicted molar refractivity (Wildman–Crippen MR) is 64.7 cm³/mol. The molecular formula is C10H16BrNOS. The maximum Gasteiger partial charge on any atom is 0.0445 e. The first kappa shape index (κ1) is 12.2. The Morgan fingerprint density at radius 1 is 1.57 bits per heavy atom. The highest BCUT2D eigenvalue weighted by atomic mass is 79.9. The van der Waals surface area contributed by atoms with Crippen LogP contribution in [-0.4, -0.2) is 17.8 Å². The van der Waals surface area contributed by atoms with Gasteiger partial charge in [-0.25, -0.2) is 0 Å². The number of aliphatic hydroxyl groups excluding tert-OH is 1. The zero-order chi connectivity index (χ0) is 10.6. The molecule has 1 heterocycles. The van der Waals surface area contributed by atoms with Gasteiger partial charge in [-0.05, 0) is 47.6 Å². The summed E-state index contributed by atoms with van der Waals surface area (Å²) in [6.45, 7) is 4.48. The number of nitrogens with one attached hydrogen (secondary N) is 1. The van der Waals surface area contributed by atoms with Crippen LogP contribution in [0, 0.1) is 0 Å². The molecule has 0 saturated carbocycles. The molecule has 2 N–H and O–H groups in total. The van der Waals surface area contributed by atoms with Crippen LogP contribution in [-0.2, 0) is 0 Å². The average Bonchev–Trinajstić information content (AvgIpc) is 2.51. The highest BCUT2D eigenvalue weighted by molar-refractivity contribution is 9.10. The standard InChI is InChI=1S/C10H16BrNOS/c1-7(3-5-13)12-8(2)10-9(11)4-6-14-10/h4,6-8,12-13H,3,5H2,1-2H3. The Kier molecular flexibility index (Phi) is 5.09. The summed E-state index contributed by atoms with van der Waals surface area (Å²) in [5.41, 5.74) is 0. The summed E-state index contributed by atoms with van der Waals surface area (Å²) in [7, 11) is 0. The van der Waals surface area contributed by atoms with Crippen molar-refractivity contribution in [1.82, 2.24) is 5.32 Å². The topological polar surface area (TPSA) is 32.3 Å². The van der Waals surface area contributed by atoms with E-state index in [-0.39, 0.29) is 6.61 Å². The molecule has 0 aliphatic rings. The van der Waals surface area contributed by atoms with Crippen LogP contribution in [0.1, 0.15) is 31.2 Å². The SMILES string of the molecule is CC(CCO)NC(C)c1sccc1Br. The Hall–Kier alpha value is 0.100. The van der Waals surface area contributed by atoms with Crippen molar-refractivity contribution in [2.45, 2.75) is 32.4 Å². The van der Waals surface area contributed by atoms with E-state index in [0.29, 0.717) is 12.1 Å². The molecule has 0 amide bonds. The number of thiophene rings is 1. The molecule has 14 heavy (non-hydrogen) atoms. The number of halogens is 1. The zero-order valence-corrected chi connectivity index (χ0v) is 10.9. The molecule has 4 heteroatoms. The molecule has 1 aromatic heterocycles. The minimum atomic E-state index is 0.243. The zero-order valence-electron chi connectivity index (χ0n) is 8.46. The highest BCUT2D eigenvalue weighted by Gasteiger charge is 2.12. The van der Waals surface area contributed by atoms with Gasteiger partial charge in [0, 0.05) is 28.0 Å². The smallest absolute Gasteiger partial charge is 0.0445 e. The largest absolute Gasteiger partial charge is 0.396 e. The average molecular weight is 278 g/mol. The summed E-state index contributed by atoms with van der Waals surface area (Å²) in [6, 6.07) is 2.75. The second kappa shape index (κ2) is 5.85. The van der Waals surface area contributed by atoms with Gasteiger partial charge < -0.3 is 10.4 Å². The molecule has 1 rings (SSSR count). The fourth-order valence-electron chi connectivity index (χ4n) is 1.39. The first-order valence-corrected chi connectivity index (χ1v) is 6.42. The molecule has 0 aliphatic carbocycles. The minimum absolute atomic E-state index is 0.243. The van der Waals surface area contributed by atoms with Crippen LogP contribution < -0.4 is 5.32 Å². The van der Waals surface area contributed by atoms with Gasteiger partial charge in [0.15, 0.2) is 0 Å². The van der Waals surface area contributed by atoms with Crippen LogP contribution in [0.2, 0.25) is 0 Å². The second-order valence-electron chi connectivity index (χ2n) is 3.43. The lowest BCUT2D eigenvalue weighted by atomic mass is 10.2. The molecule has 2 nitrogen and oxygen atoms in total. The quantitative estimate of drug-likeness (QED) is 0.868. The summed E-state index contributed by atoms with van der Waals surface area (Å²) in [4.78, 5) is 1.31. The minimum Gasteiger partial charge on any atom is -0.396 e. The molecule has 2 unspecified atom stereocenters. The third-order valence-electron chi connectivity index (χ3n) is 2.13. The van der Waals surface area contributed by atoms with Crippen molar-refractivity contribution in [3.8, 4) is 0 Å². The van der Waals surface area contributed by atoms with Crippen molar-refractivity contribution >= 4 is 27.3 Å². The van der Waals surface area contributed by atoms with E-state index in [1.165, 1.54) is 9.35 Å². The van der Waals surface area contributed by atoms with Gasteiger partial charge in [-0.1, -0.05) is 0 Å². The number of hydrogen-bond donors (Lipinski definition) is 2. The number of aliphatic hydroxyl groups is 1. The van der Waals surface area contributed by atoms with Crippen LogP contribution in [0.4, 0.5) is 0 Å². The van der Waals surface area contributed by atoms with Gasteiger partial charge in [-0.15, -0.1) is 11.3 Å². The first-order valence-electron chi connectivity index (χ1n) is 4.75. The van der Waals surface area contributed by atoms with E-state index < -0.39 is 0 Å². The Morgan fingerprint density at radius 2 is 2.29 bits per heavy atom. The van der Waals surface area contributed by atoms with E-state index in [9.17, 15) is 0 Å². The lowest BCUT2D eigenvalue weighted by Gasteiger charge is -2.18. The van der Waals surface area contributed by atoms with Crippen molar-refractivity contribution in [2.75, 3.05) is 6.61 Å². The second-order valence-corrected chi connectivity index (χ2v) is 5.24. The predicted octanol–water partition coefficient (Wildman–Crippen LogP) is 2.93. The maximum absolute atomic E-state index is 8.79. The van der Waals surface area contributed by atoms with Gasteiger partial charge in [0.05, 0.1) is 0 Å². The van der Waals surface area contributed by atoms with E-state index in [4.69, 9.17) is 5.11 Å². The van der Waals surface area contributed by atoms with Crippen molar-refractivity contribution < 1.29 is 5.11 Å². The van der Waals surface area contributed by atoms with Crippen LogP contribution >= 0.6 is 27.3 Å². The molecule has 80 valence electrons. The highest BCUT2D eigenvalue weighted by Crippen LogP contribution is 2.28. The van der Waals surface area contributed by atoms with E-state index in [2.05, 4.69) is 46.5 Å². The first-order chi connectivity index (χ1) is 6.65. The maximum atomic E-state index is 8.79. The van der Waals surface area contributed by atoms with Crippen molar-refractivity contribution in [2.24, 2.45) is 0 Å². The van der Waals surface area contributed by atoms with Gasteiger partial charge in [0.2, 0.25) is 0 Å². The molecule has 0 radical (unpaired) electrons. The van der Waals surface area contributed by atoms with Crippen molar-refractivity contribution in [3.05, 3.63) is 20.8 Å². The van der Waals surface area contributed by atoms with Crippen molar-refractivity contribution in [3.63, 3.8) is 0 Å². The third-order valence-corrected chi connectivity index (χ3v) is 4.19. The summed E-state index contributed by atoms with van der Waals surface area (Å²) in [5.74, 6) is 0. The lowest BCUT2D eigenvalue weighted by molar-refractivity contribution is 0.265. The fraction of sp³-hybridized carbons (Fsp3) is 0.600. The van der Waals surface area contributed by atoms with E-state index >= 15 is 0 Å². The number of rotatable bonds is 5. The van der Waals surface area contributed by atoms with Crippen LogP contribution in [0.5, 0.6) is 0 Å². The summed E-state index contributed by atoms with van der Waals surface area (Å²) in [6.07, 6.45) is 0.799.